The van der Waals surface area contributed by atoms with E-state index in [1.807, 2.05) is 0 Å². The van der Waals surface area contributed by atoms with Crippen LogP contribution in [0.5, 0.6) is 0 Å². The maximum absolute atomic E-state index is 12.4. The molecule has 106 valence electrons. The van der Waals surface area contributed by atoms with Gasteiger partial charge in [-0.15, -0.1) is 0 Å². The number of H-pyrrole nitrogens is 1. The van der Waals surface area contributed by atoms with E-state index in [4.69, 9.17) is 0 Å². The van der Waals surface area contributed by atoms with Crippen LogP contribution in [0.25, 0.3) is 0 Å². The van der Waals surface area contributed by atoms with Crippen molar-refractivity contribution in [2.45, 2.75) is 44.1 Å². The molecule has 4 saturated carbocycles. The summed E-state index contributed by atoms with van der Waals surface area (Å²) in [7, 11) is 0. The maximum atomic E-state index is 12.4. The maximum Gasteiger partial charge on any atom is 0.270 e. The topological polar surface area (TPSA) is 74.8 Å². The average molecular weight is 273 g/mol. The molecule has 0 unspecified atom stereocenters. The number of rotatable bonds is 2. The van der Waals surface area contributed by atoms with Gasteiger partial charge in [0.2, 0.25) is 0 Å². The van der Waals surface area contributed by atoms with Crippen LogP contribution in [0.4, 0.5) is 0 Å². The first-order chi connectivity index (χ1) is 9.62. The Labute approximate surface area is 117 Å². The van der Waals surface area contributed by atoms with Gasteiger partial charge in [0, 0.05) is 11.6 Å². The first-order valence-corrected chi connectivity index (χ1v) is 7.49. The van der Waals surface area contributed by atoms with Gasteiger partial charge in [-0.1, -0.05) is 0 Å². The van der Waals surface area contributed by atoms with Gasteiger partial charge in [-0.25, -0.2) is 4.98 Å². The van der Waals surface area contributed by atoms with E-state index in [1.54, 1.807) is 0 Å². The quantitative estimate of drug-likeness (QED) is 0.856. The van der Waals surface area contributed by atoms with Crippen LogP contribution in [-0.2, 0) is 0 Å². The van der Waals surface area contributed by atoms with Crippen molar-refractivity contribution in [2.75, 3.05) is 0 Å². The van der Waals surface area contributed by atoms with Crippen LogP contribution >= 0.6 is 0 Å². The number of hydrogen-bond acceptors (Lipinski definition) is 3. The van der Waals surface area contributed by atoms with Gasteiger partial charge in [-0.2, -0.15) is 0 Å². The van der Waals surface area contributed by atoms with E-state index in [9.17, 15) is 9.59 Å². The number of carbonyl (C=O) groups excluding carboxylic acids is 1. The van der Waals surface area contributed by atoms with Crippen molar-refractivity contribution < 1.29 is 4.79 Å². The Bertz CT molecular complexity index is 572. The van der Waals surface area contributed by atoms with Crippen molar-refractivity contribution in [3.63, 3.8) is 0 Å². The van der Waals surface area contributed by atoms with Crippen molar-refractivity contribution in [1.29, 1.82) is 0 Å². The third kappa shape index (κ3) is 1.96. The van der Waals surface area contributed by atoms with Crippen molar-refractivity contribution in [2.24, 2.45) is 17.8 Å². The average Bonchev–Trinajstić information content (AvgIpc) is 2.36. The van der Waals surface area contributed by atoms with E-state index in [0.29, 0.717) is 0 Å². The predicted molar refractivity (Wildman–Crippen MR) is 73.2 cm³/mol. The molecule has 0 atom stereocenters. The van der Waals surface area contributed by atoms with Crippen LogP contribution in [0, 0.1) is 17.8 Å². The van der Waals surface area contributed by atoms with Gasteiger partial charge in [-0.05, 0) is 56.3 Å². The van der Waals surface area contributed by atoms with E-state index in [2.05, 4.69) is 15.3 Å². The number of nitrogens with zero attached hydrogens (tertiary/aromatic N) is 1. The van der Waals surface area contributed by atoms with E-state index < -0.39 is 0 Å². The van der Waals surface area contributed by atoms with Crippen LogP contribution in [0.2, 0.25) is 0 Å². The Kier molecular flexibility index (Phi) is 2.53. The molecule has 5 nitrogen and oxygen atoms in total. The van der Waals surface area contributed by atoms with Gasteiger partial charge < -0.3 is 10.3 Å². The molecular formula is C15H19N3O2. The standard InChI is InChI=1S/C15H19N3O2/c19-13-4-12(16-8-17-13)14(20)18-15-5-9-1-10(6-15)3-11(2-9)7-15/h4,8-11H,1-3,5-7H2,(H,18,20)(H,16,17,19). The van der Waals surface area contributed by atoms with E-state index in [0.717, 1.165) is 37.0 Å². The van der Waals surface area contributed by atoms with Gasteiger partial charge in [0.25, 0.3) is 11.5 Å². The second kappa shape index (κ2) is 4.17. The normalized spacial score (nSPS) is 37.9. The molecule has 4 bridgehead atoms. The lowest BCUT2D eigenvalue weighted by atomic mass is 9.53. The Morgan fingerprint density at radius 1 is 1.20 bits per heavy atom. The highest BCUT2D eigenvalue weighted by atomic mass is 16.2. The van der Waals surface area contributed by atoms with Gasteiger partial charge in [0.1, 0.15) is 5.69 Å². The largest absolute Gasteiger partial charge is 0.345 e. The summed E-state index contributed by atoms with van der Waals surface area (Å²) in [5.41, 5.74) is -0.0870. The Morgan fingerprint density at radius 3 is 2.35 bits per heavy atom. The molecule has 0 radical (unpaired) electrons. The smallest absolute Gasteiger partial charge is 0.270 e. The molecule has 0 spiro atoms. The lowest BCUT2D eigenvalue weighted by Crippen LogP contribution is -2.60. The number of amides is 1. The molecule has 5 rings (SSSR count). The Hall–Kier alpha value is -1.65. The van der Waals surface area contributed by atoms with E-state index in [1.165, 1.54) is 31.7 Å². The molecule has 1 heterocycles. The molecule has 1 aromatic rings. The fourth-order valence-electron chi connectivity index (χ4n) is 5.06. The summed E-state index contributed by atoms with van der Waals surface area (Å²) in [4.78, 5) is 30.0. The number of nitrogens with one attached hydrogen (secondary N) is 2. The second-order valence-electron chi connectivity index (χ2n) is 6.95. The highest BCUT2D eigenvalue weighted by Crippen LogP contribution is 2.55. The monoisotopic (exact) mass is 273 g/mol. The molecule has 4 aliphatic rings. The molecule has 4 aliphatic carbocycles. The highest BCUT2D eigenvalue weighted by molar-refractivity contribution is 5.92. The van der Waals surface area contributed by atoms with Crippen LogP contribution in [0.1, 0.15) is 49.0 Å². The number of hydrogen-bond donors (Lipinski definition) is 2. The van der Waals surface area contributed by atoms with E-state index >= 15 is 0 Å². The molecule has 0 saturated heterocycles. The number of carbonyl (C=O) groups is 1. The van der Waals surface area contributed by atoms with Crippen LogP contribution in [-0.4, -0.2) is 21.4 Å². The van der Waals surface area contributed by atoms with Crippen molar-refractivity contribution in [3.05, 3.63) is 28.4 Å². The summed E-state index contributed by atoms with van der Waals surface area (Å²) in [5.74, 6) is 2.16. The van der Waals surface area contributed by atoms with Gasteiger partial charge in [0.05, 0.1) is 6.33 Å². The van der Waals surface area contributed by atoms with Gasteiger partial charge in [0.15, 0.2) is 0 Å². The van der Waals surface area contributed by atoms with Gasteiger partial charge >= 0.3 is 0 Å². The first-order valence-electron chi connectivity index (χ1n) is 7.49. The summed E-state index contributed by atoms with van der Waals surface area (Å²) in [6, 6.07) is 1.27. The van der Waals surface area contributed by atoms with Crippen molar-refractivity contribution in [1.82, 2.24) is 15.3 Å². The fraction of sp³-hybridized carbons (Fsp3) is 0.667. The third-order valence-corrected chi connectivity index (χ3v) is 5.33. The van der Waals surface area contributed by atoms with Crippen LogP contribution < -0.4 is 10.9 Å². The molecule has 0 aromatic carbocycles. The molecule has 4 fully saturated rings. The first kappa shape index (κ1) is 12.1. The lowest BCUT2D eigenvalue weighted by molar-refractivity contribution is -0.0167. The predicted octanol–water partition coefficient (Wildman–Crippen LogP) is 1.47. The summed E-state index contributed by atoms with van der Waals surface area (Å²) in [6.07, 6.45) is 8.64. The zero-order chi connectivity index (χ0) is 13.7. The minimum Gasteiger partial charge on any atom is -0.345 e. The zero-order valence-electron chi connectivity index (χ0n) is 11.4. The third-order valence-electron chi connectivity index (χ3n) is 5.33. The van der Waals surface area contributed by atoms with Gasteiger partial charge in [-0.3, -0.25) is 9.59 Å². The molecular weight excluding hydrogens is 254 g/mol. The fourth-order valence-corrected chi connectivity index (χ4v) is 5.06. The van der Waals surface area contributed by atoms with E-state index in [-0.39, 0.29) is 22.7 Å². The Morgan fingerprint density at radius 2 is 1.80 bits per heavy atom. The van der Waals surface area contributed by atoms with Crippen LogP contribution in [0.15, 0.2) is 17.2 Å². The SMILES string of the molecule is O=C(NC12CC3CC(CC(C3)C1)C2)c1cc(=O)[nH]cn1. The molecule has 5 heteroatoms. The molecule has 2 N–H and O–H groups in total. The second-order valence-corrected chi connectivity index (χ2v) is 6.95. The number of aromatic amines is 1. The minimum atomic E-state index is -0.282. The van der Waals surface area contributed by atoms with Crippen molar-refractivity contribution >= 4 is 5.91 Å². The number of aromatic nitrogens is 2. The molecule has 1 amide bonds. The summed E-state index contributed by atoms with van der Waals surface area (Å²) in [6.45, 7) is 0. The summed E-state index contributed by atoms with van der Waals surface area (Å²) < 4.78 is 0. The molecule has 1 aromatic heterocycles. The molecule has 0 aliphatic heterocycles. The lowest BCUT2D eigenvalue weighted by Gasteiger charge is -2.56. The van der Waals surface area contributed by atoms with Crippen molar-refractivity contribution in [3.8, 4) is 0 Å². The molecule has 20 heavy (non-hydrogen) atoms. The van der Waals surface area contributed by atoms with Crippen LogP contribution in [0.3, 0.4) is 0 Å². The highest BCUT2D eigenvalue weighted by Gasteiger charge is 2.51. The Balaban J connectivity index is 1.57. The minimum absolute atomic E-state index is 0.0316. The summed E-state index contributed by atoms with van der Waals surface area (Å²) >= 11 is 0. The summed E-state index contributed by atoms with van der Waals surface area (Å²) in [5, 5.41) is 3.21. The zero-order valence-corrected chi connectivity index (χ0v) is 11.4.